The van der Waals surface area contributed by atoms with Gasteiger partial charge in [-0.2, -0.15) is 0 Å². The molecule has 18 heavy (non-hydrogen) atoms. The molecule has 2 aromatic heterocycles. The second-order valence-electron chi connectivity index (χ2n) is 3.67. The van der Waals surface area contributed by atoms with Crippen LogP contribution in [0.25, 0.3) is 0 Å². The predicted octanol–water partition coefficient (Wildman–Crippen LogP) is 2.26. The van der Waals surface area contributed by atoms with E-state index in [1.165, 1.54) is 6.33 Å². The number of pyridine rings is 1. The molecule has 6 heteroatoms. The average molecular weight is 263 g/mol. The van der Waals surface area contributed by atoms with E-state index in [0.29, 0.717) is 18.6 Å². The Morgan fingerprint density at radius 1 is 1.39 bits per heavy atom. The Labute approximate surface area is 109 Å². The molecule has 0 amide bonds. The number of carbonyl (C=O) groups excluding carboxylic acids is 1. The fourth-order valence-electron chi connectivity index (χ4n) is 1.49. The number of halogens is 1. The molecule has 2 aromatic rings. The van der Waals surface area contributed by atoms with Crippen LogP contribution in [0.2, 0.25) is 5.15 Å². The second-order valence-corrected chi connectivity index (χ2v) is 4.03. The molecule has 0 bridgehead atoms. The number of aryl methyl sites for hydroxylation is 1. The molecule has 0 aliphatic carbocycles. The number of aldehydes is 1. The van der Waals surface area contributed by atoms with E-state index in [0.717, 1.165) is 11.4 Å². The standard InChI is InChI=1S/C12H11ClN4O/c1-8-3-2-4-9(17-8)5-14-12-10(6-18)11(13)15-7-16-12/h2-4,6-7H,5H2,1H3,(H,14,15,16). The number of aromatic nitrogens is 3. The maximum atomic E-state index is 10.9. The number of rotatable bonds is 4. The minimum Gasteiger partial charge on any atom is -0.364 e. The summed E-state index contributed by atoms with van der Waals surface area (Å²) in [5.74, 6) is 0.410. The Morgan fingerprint density at radius 2 is 2.22 bits per heavy atom. The number of carbonyl (C=O) groups is 1. The van der Waals surface area contributed by atoms with E-state index in [-0.39, 0.29) is 10.7 Å². The Bertz CT molecular complexity index is 574. The first-order valence-electron chi connectivity index (χ1n) is 5.33. The average Bonchev–Trinajstić information content (AvgIpc) is 2.36. The maximum absolute atomic E-state index is 10.9. The Balaban J connectivity index is 2.15. The molecular formula is C12H11ClN4O. The zero-order chi connectivity index (χ0) is 13.0. The summed E-state index contributed by atoms with van der Waals surface area (Å²) in [5, 5.41) is 3.16. The Morgan fingerprint density at radius 3 is 2.94 bits per heavy atom. The van der Waals surface area contributed by atoms with Gasteiger partial charge in [0, 0.05) is 5.69 Å². The van der Waals surface area contributed by atoms with Gasteiger partial charge in [-0.25, -0.2) is 9.97 Å². The number of anilines is 1. The van der Waals surface area contributed by atoms with E-state index in [9.17, 15) is 4.79 Å². The van der Waals surface area contributed by atoms with Crippen molar-refractivity contribution in [2.24, 2.45) is 0 Å². The van der Waals surface area contributed by atoms with Crippen LogP contribution in [0.15, 0.2) is 24.5 Å². The van der Waals surface area contributed by atoms with Crippen LogP contribution in [0, 0.1) is 6.92 Å². The smallest absolute Gasteiger partial charge is 0.156 e. The summed E-state index contributed by atoms with van der Waals surface area (Å²) in [6.45, 7) is 2.39. The van der Waals surface area contributed by atoms with Crippen molar-refractivity contribution in [1.82, 2.24) is 15.0 Å². The zero-order valence-corrected chi connectivity index (χ0v) is 10.5. The molecule has 5 nitrogen and oxygen atoms in total. The third kappa shape index (κ3) is 2.81. The molecule has 1 N–H and O–H groups in total. The fourth-order valence-corrected chi connectivity index (χ4v) is 1.67. The van der Waals surface area contributed by atoms with Crippen LogP contribution in [0.4, 0.5) is 5.82 Å². The first-order valence-corrected chi connectivity index (χ1v) is 5.70. The zero-order valence-electron chi connectivity index (χ0n) is 9.72. The lowest BCUT2D eigenvalue weighted by Crippen LogP contribution is -2.07. The monoisotopic (exact) mass is 262 g/mol. The van der Waals surface area contributed by atoms with Gasteiger partial charge in [0.2, 0.25) is 0 Å². The minimum absolute atomic E-state index is 0.139. The molecule has 0 aliphatic rings. The highest BCUT2D eigenvalue weighted by molar-refractivity contribution is 6.32. The number of nitrogens with zero attached hydrogens (tertiary/aromatic N) is 3. The summed E-state index contributed by atoms with van der Waals surface area (Å²) in [6.07, 6.45) is 1.94. The molecule has 2 rings (SSSR count). The first kappa shape index (κ1) is 12.4. The molecule has 0 aliphatic heterocycles. The van der Waals surface area contributed by atoms with Crippen molar-refractivity contribution in [3.05, 3.63) is 46.6 Å². The largest absolute Gasteiger partial charge is 0.364 e. The van der Waals surface area contributed by atoms with Crippen molar-refractivity contribution in [3.8, 4) is 0 Å². The highest BCUT2D eigenvalue weighted by atomic mass is 35.5. The summed E-state index contributed by atoms with van der Waals surface area (Å²) >= 11 is 5.80. The Kier molecular flexibility index (Phi) is 3.84. The van der Waals surface area contributed by atoms with E-state index in [1.54, 1.807) is 0 Å². The first-order chi connectivity index (χ1) is 8.70. The van der Waals surface area contributed by atoms with E-state index < -0.39 is 0 Å². The SMILES string of the molecule is Cc1cccc(CNc2ncnc(Cl)c2C=O)n1. The molecule has 92 valence electrons. The van der Waals surface area contributed by atoms with Gasteiger partial charge in [-0.3, -0.25) is 9.78 Å². The van der Waals surface area contributed by atoms with Gasteiger partial charge in [-0.1, -0.05) is 17.7 Å². The van der Waals surface area contributed by atoms with Gasteiger partial charge in [0.25, 0.3) is 0 Å². The summed E-state index contributed by atoms with van der Waals surface area (Å²) < 4.78 is 0. The van der Waals surface area contributed by atoms with Crippen molar-refractivity contribution in [3.63, 3.8) is 0 Å². The number of hydrogen-bond acceptors (Lipinski definition) is 5. The minimum atomic E-state index is 0.139. The molecule has 0 unspecified atom stereocenters. The molecule has 0 radical (unpaired) electrons. The van der Waals surface area contributed by atoms with Gasteiger partial charge in [0.15, 0.2) is 6.29 Å². The van der Waals surface area contributed by atoms with Gasteiger partial charge in [-0.15, -0.1) is 0 Å². The lowest BCUT2D eigenvalue weighted by Gasteiger charge is -2.07. The van der Waals surface area contributed by atoms with E-state index in [1.807, 2.05) is 25.1 Å². The van der Waals surface area contributed by atoms with Crippen LogP contribution in [0.5, 0.6) is 0 Å². The second kappa shape index (κ2) is 5.55. The van der Waals surface area contributed by atoms with E-state index >= 15 is 0 Å². The molecule has 0 fully saturated rings. The van der Waals surface area contributed by atoms with Crippen LogP contribution < -0.4 is 5.32 Å². The van der Waals surface area contributed by atoms with Crippen molar-refractivity contribution in [2.75, 3.05) is 5.32 Å². The molecule has 0 aromatic carbocycles. The highest BCUT2D eigenvalue weighted by Gasteiger charge is 2.08. The van der Waals surface area contributed by atoms with Crippen molar-refractivity contribution < 1.29 is 4.79 Å². The van der Waals surface area contributed by atoms with Crippen molar-refractivity contribution in [2.45, 2.75) is 13.5 Å². The molecule has 0 spiro atoms. The topological polar surface area (TPSA) is 67.8 Å². The predicted molar refractivity (Wildman–Crippen MR) is 68.7 cm³/mol. The third-order valence-electron chi connectivity index (χ3n) is 2.34. The van der Waals surface area contributed by atoms with E-state index in [4.69, 9.17) is 11.6 Å². The summed E-state index contributed by atoms with van der Waals surface area (Å²) in [4.78, 5) is 23.0. The van der Waals surface area contributed by atoms with Crippen LogP contribution in [0.1, 0.15) is 21.7 Å². The summed E-state index contributed by atoms with van der Waals surface area (Å²) in [5.41, 5.74) is 2.05. The fraction of sp³-hybridized carbons (Fsp3) is 0.167. The van der Waals surface area contributed by atoms with Crippen molar-refractivity contribution >= 4 is 23.7 Å². The number of hydrogen-bond donors (Lipinski definition) is 1. The summed E-state index contributed by atoms with van der Waals surface area (Å²) in [7, 11) is 0. The van der Waals surface area contributed by atoms with Gasteiger partial charge in [0.1, 0.15) is 17.3 Å². The lowest BCUT2D eigenvalue weighted by atomic mass is 10.3. The van der Waals surface area contributed by atoms with Crippen molar-refractivity contribution in [1.29, 1.82) is 0 Å². The van der Waals surface area contributed by atoms with Crippen LogP contribution >= 0.6 is 11.6 Å². The van der Waals surface area contributed by atoms with Gasteiger partial charge < -0.3 is 5.32 Å². The Hall–Kier alpha value is -2.01. The van der Waals surface area contributed by atoms with Crippen LogP contribution in [-0.4, -0.2) is 21.2 Å². The van der Waals surface area contributed by atoms with Crippen LogP contribution in [0.3, 0.4) is 0 Å². The molecule has 0 saturated heterocycles. The van der Waals surface area contributed by atoms with Gasteiger partial charge >= 0.3 is 0 Å². The maximum Gasteiger partial charge on any atom is 0.156 e. The van der Waals surface area contributed by atoms with Gasteiger partial charge in [0.05, 0.1) is 17.8 Å². The molecular weight excluding hydrogens is 252 g/mol. The quantitative estimate of drug-likeness (QED) is 0.676. The number of nitrogens with one attached hydrogen (secondary N) is 1. The molecule has 0 saturated carbocycles. The summed E-state index contributed by atoms with van der Waals surface area (Å²) in [6, 6.07) is 5.73. The third-order valence-corrected chi connectivity index (χ3v) is 2.64. The normalized spacial score (nSPS) is 10.1. The van der Waals surface area contributed by atoms with Crippen LogP contribution in [-0.2, 0) is 6.54 Å². The van der Waals surface area contributed by atoms with E-state index in [2.05, 4.69) is 20.3 Å². The molecule has 2 heterocycles. The highest BCUT2D eigenvalue weighted by Crippen LogP contribution is 2.17. The lowest BCUT2D eigenvalue weighted by molar-refractivity contribution is 0.112. The molecule has 0 atom stereocenters. The van der Waals surface area contributed by atoms with Gasteiger partial charge in [-0.05, 0) is 19.1 Å².